The van der Waals surface area contributed by atoms with E-state index in [2.05, 4.69) is 24.1 Å². The first-order valence-electron chi connectivity index (χ1n) is 5.99. The standard InChI is InChI=1S/C12H19N3O2/c1-3-6-14-11(4-2)8-10-5-7-13-9-12(10)15(16)17/h5,7,9,11,14H,3-4,6,8H2,1-2H3. The van der Waals surface area contributed by atoms with Crippen LogP contribution >= 0.6 is 0 Å². The Balaban J connectivity index is 2.75. The van der Waals surface area contributed by atoms with Gasteiger partial charge in [-0.05, 0) is 31.9 Å². The topological polar surface area (TPSA) is 68.1 Å². The zero-order chi connectivity index (χ0) is 12.7. The molecule has 5 heteroatoms. The smallest absolute Gasteiger partial charge is 0.290 e. The van der Waals surface area contributed by atoms with Gasteiger partial charge in [0.15, 0.2) is 0 Å². The van der Waals surface area contributed by atoms with Gasteiger partial charge in [0.2, 0.25) is 0 Å². The van der Waals surface area contributed by atoms with Crippen molar-refractivity contribution in [3.8, 4) is 0 Å². The molecule has 1 N–H and O–H groups in total. The van der Waals surface area contributed by atoms with Crippen LogP contribution in [0.15, 0.2) is 18.5 Å². The highest BCUT2D eigenvalue weighted by atomic mass is 16.6. The van der Waals surface area contributed by atoms with Crippen molar-refractivity contribution >= 4 is 5.69 Å². The molecule has 1 rings (SSSR count). The zero-order valence-corrected chi connectivity index (χ0v) is 10.3. The Morgan fingerprint density at radius 3 is 2.88 bits per heavy atom. The van der Waals surface area contributed by atoms with Crippen molar-refractivity contribution in [2.24, 2.45) is 0 Å². The lowest BCUT2D eigenvalue weighted by molar-refractivity contribution is -0.385. The summed E-state index contributed by atoms with van der Waals surface area (Å²) in [6, 6.07) is 2.02. The molecule has 0 fully saturated rings. The average molecular weight is 237 g/mol. The van der Waals surface area contributed by atoms with Crippen LogP contribution in [0.5, 0.6) is 0 Å². The Bertz CT molecular complexity index is 369. The summed E-state index contributed by atoms with van der Waals surface area (Å²) >= 11 is 0. The number of hydrogen-bond acceptors (Lipinski definition) is 4. The molecule has 1 aromatic rings. The number of hydrogen-bond donors (Lipinski definition) is 1. The van der Waals surface area contributed by atoms with Gasteiger partial charge in [-0.2, -0.15) is 0 Å². The molecule has 1 heterocycles. The SMILES string of the molecule is CCCNC(CC)Cc1ccncc1[N+](=O)[O-]. The van der Waals surface area contributed by atoms with E-state index in [1.165, 1.54) is 6.20 Å². The van der Waals surface area contributed by atoms with E-state index in [4.69, 9.17) is 0 Å². The first-order chi connectivity index (χ1) is 8.19. The summed E-state index contributed by atoms with van der Waals surface area (Å²) in [5, 5.41) is 14.2. The van der Waals surface area contributed by atoms with Crippen LogP contribution in [0.1, 0.15) is 32.3 Å². The van der Waals surface area contributed by atoms with E-state index in [1.807, 2.05) is 0 Å². The molecule has 0 radical (unpaired) electrons. The van der Waals surface area contributed by atoms with E-state index in [1.54, 1.807) is 12.3 Å². The molecule has 0 aliphatic rings. The second-order valence-electron chi connectivity index (χ2n) is 4.02. The van der Waals surface area contributed by atoms with Gasteiger partial charge in [-0.15, -0.1) is 0 Å². The van der Waals surface area contributed by atoms with Gasteiger partial charge in [0.05, 0.1) is 4.92 Å². The predicted molar refractivity (Wildman–Crippen MR) is 67.0 cm³/mol. The number of nitrogens with zero attached hydrogens (tertiary/aromatic N) is 2. The minimum Gasteiger partial charge on any atom is -0.314 e. The third-order valence-electron chi connectivity index (χ3n) is 2.73. The van der Waals surface area contributed by atoms with Crippen LogP contribution < -0.4 is 5.32 Å². The van der Waals surface area contributed by atoms with Crippen LogP contribution in [0.2, 0.25) is 0 Å². The maximum Gasteiger partial charge on any atom is 0.290 e. The lowest BCUT2D eigenvalue weighted by Crippen LogP contribution is -2.31. The van der Waals surface area contributed by atoms with Crippen molar-refractivity contribution in [3.05, 3.63) is 34.1 Å². The highest BCUT2D eigenvalue weighted by Gasteiger charge is 2.16. The second kappa shape index (κ2) is 6.96. The first kappa shape index (κ1) is 13.6. The molecule has 1 aromatic heterocycles. The molecule has 0 saturated heterocycles. The molecule has 0 saturated carbocycles. The fourth-order valence-electron chi connectivity index (χ4n) is 1.73. The highest BCUT2D eigenvalue weighted by molar-refractivity contribution is 5.37. The van der Waals surface area contributed by atoms with Gasteiger partial charge < -0.3 is 5.32 Å². The number of nitro groups is 1. The van der Waals surface area contributed by atoms with E-state index in [0.29, 0.717) is 6.42 Å². The Hall–Kier alpha value is -1.49. The lowest BCUT2D eigenvalue weighted by atomic mass is 10.0. The van der Waals surface area contributed by atoms with Crippen LogP contribution in [-0.2, 0) is 6.42 Å². The van der Waals surface area contributed by atoms with Gasteiger partial charge in [0, 0.05) is 17.8 Å². The molecule has 0 spiro atoms. The Morgan fingerprint density at radius 1 is 1.53 bits per heavy atom. The molecule has 0 aliphatic heterocycles. The molecule has 5 nitrogen and oxygen atoms in total. The fraction of sp³-hybridized carbons (Fsp3) is 0.583. The molecule has 0 aromatic carbocycles. The van der Waals surface area contributed by atoms with Gasteiger partial charge in [0.25, 0.3) is 5.69 Å². The molecule has 94 valence electrons. The van der Waals surface area contributed by atoms with Gasteiger partial charge in [0.1, 0.15) is 6.20 Å². The van der Waals surface area contributed by atoms with Gasteiger partial charge >= 0.3 is 0 Å². The predicted octanol–water partition coefficient (Wildman–Crippen LogP) is 2.31. The van der Waals surface area contributed by atoms with Crippen molar-refractivity contribution in [3.63, 3.8) is 0 Å². The largest absolute Gasteiger partial charge is 0.314 e. The molecular weight excluding hydrogens is 218 g/mol. The van der Waals surface area contributed by atoms with Gasteiger partial charge in [-0.1, -0.05) is 13.8 Å². The molecule has 0 bridgehead atoms. The fourth-order valence-corrected chi connectivity index (χ4v) is 1.73. The molecule has 0 amide bonds. The monoisotopic (exact) mass is 237 g/mol. The molecule has 17 heavy (non-hydrogen) atoms. The summed E-state index contributed by atoms with van der Waals surface area (Å²) in [5.74, 6) is 0. The number of nitrogens with one attached hydrogen (secondary N) is 1. The second-order valence-corrected chi connectivity index (χ2v) is 4.02. The number of aromatic nitrogens is 1. The molecular formula is C12H19N3O2. The van der Waals surface area contributed by atoms with Crippen LogP contribution in [0.25, 0.3) is 0 Å². The lowest BCUT2D eigenvalue weighted by Gasteiger charge is -2.16. The normalized spacial score (nSPS) is 12.4. The average Bonchev–Trinajstić information content (AvgIpc) is 2.34. The summed E-state index contributed by atoms with van der Waals surface area (Å²) in [6.07, 6.45) is 5.63. The van der Waals surface area contributed by atoms with Crippen molar-refractivity contribution in [1.29, 1.82) is 0 Å². The molecule has 1 unspecified atom stereocenters. The molecule has 1 atom stereocenters. The zero-order valence-electron chi connectivity index (χ0n) is 10.3. The van der Waals surface area contributed by atoms with Gasteiger partial charge in [-0.3, -0.25) is 15.1 Å². The van der Waals surface area contributed by atoms with Gasteiger partial charge in [-0.25, -0.2) is 0 Å². The third-order valence-corrected chi connectivity index (χ3v) is 2.73. The quantitative estimate of drug-likeness (QED) is 0.583. The maximum absolute atomic E-state index is 10.9. The maximum atomic E-state index is 10.9. The van der Waals surface area contributed by atoms with E-state index in [0.717, 1.165) is 24.9 Å². The van der Waals surface area contributed by atoms with Crippen LogP contribution in [0.3, 0.4) is 0 Å². The minimum absolute atomic E-state index is 0.115. The van der Waals surface area contributed by atoms with Crippen molar-refractivity contribution in [2.75, 3.05) is 6.54 Å². The van der Waals surface area contributed by atoms with Crippen molar-refractivity contribution in [2.45, 2.75) is 39.2 Å². The van der Waals surface area contributed by atoms with Crippen LogP contribution in [-0.4, -0.2) is 22.5 Å². The molecule has 0 aliphatic carbocycles. The highest BCUT2D eigenvalue weighted by Crippen LogP contribution is 2.18. The summed E-state index contributed by atoms with van der Waals surface area (Å²) in [7, 11) is 0. The Kier molecular flexibility index (Phi) is 5.56. The van der Waals surface area contributed by atoms with E-state index >= 15 is 0 Å². The van der Waals surface area contributed by atoms with E-state index < -0.39 is 0 Å². The summed E-state index contributed by atoms with van der Waals surface area (Å²) < 4.78 is 0. The van der Waals surface area contributed by atoms with Crippen LogP contribution in [0.4, 0.5) is 5.69 Å². The number of rotatable bonds is 7. The Labute approximate surface area is 101 Å². The summed E-state index contributed by atoms with van der Waals surface area (Å²) in [5.41, 5.74) is 0.865. The first-order valence-corrected chi connectivity index (χ1v) is 5.99. The third kappa shape index (κ3) is 4.11. The van der Waals surface area contributed by atoms with Crippen molar-refractivity contribution in [1.82, 2.24) is 10.3 Å². The number of pyridine rings is 1. The van der Waals surface area contributed by atoms with Crippen LogP contribution in [0, 0.1) is 10.1 Å². The van der Waals surface area contributed by atoms with E-state index in [9.17, 15) is 10.1 Å². The minimum atomic E-state index is -0.366. The summed E-state index contributed by atoms with van der Waals surface area (Å²) in [6.45, 7) is 5.13. The summed E-state index contributed by atoms with van der Waals surface area (Å²) in [4.78, 5) is 14.3. The van der Waals surface area contributed by atoms with Crippen molar-refractivity contribution < 1.29 is 4.92 Å². The Morgan fingerprint density at radius 2 is 2.29 bits per heavy atom. The van der Waals surface area contributed by atoms with E-state index in [-0.39, 0.29) is 16.7 Å².